The molecule has 5 heteroatoms. The Hall–Kier alpha value is -1.52. The highest BCUT2D eigenvalue weighted by molar-refractivity contribution is 5.86. The lowest BCUT2D eigenvalue weighted by molar-refractivity contribution is -0.170. The predicted molar refractivity (Wildman–Crippen MR) is 57.2 cm³/mol. The summed E-state index contributed by atoms with van der Waals surface area (Å²) in [6.07, 6.45) is -5.49. The number of aryl methyl sites for hydroxylation is 2. The lowest BCUT2D eigenvalue weighted by Crippen LogP contribution is -2.24. The maximum absolute atomic E-state index is 12.2. The molecule has 0 spiro atoms. The summed E-state index contributed by atoms with van der Waals surface area (Å²) in [6, 6.07) is 3.19. The molecule has 2 nitrogen and oxygen atoms in total. The summed E-state index contributed by atoms with van der Waals surface area (Å²) in [6.45, 7) is 3.60. The van der Waals surface area contributed by atoms with Crippen molar-refractivity contribution in [2.75, 3.05) is 7.11 Å². The average molecular weight is 246 g/mol. The van der Waals surface area contributed by atoms with Crippen molar-refractivity contribution < 1.29 is 22.7 Å². The van der Waals surface area contributed by atoms with E-state index in [0.29, 0.717) is 5.75 Å². The minimum atomic E-state index is -4.80. The summed E-state index contributed by atoms with van der Waals surface area (Å²) in [5, 5.41) is 0. The second kappa shape index (κ2) is 4.77. The normalized spacial score (nSPS) is 11.4. The zero-order valence-corrected chi connectivity index (χ0v) is 9.81. The Morgan fingerprint density at radius 3 is 2.24 bits per heavy atom. The minimum absolute atomic E-state index is 0.262. The Balaban J connectivity index is 3.06. The number of carbonyl (C=O) groups is 1. The molecule has 0 aliphatic heterocycles. The Morgan fingerprint density at radius 1 is 1.24 bits per heavy atom. The molecule has 0 atom stereocenters. The number of carbonyl (C=O) groups excluding carboxylic acids is 1. The topological polar surface area (TPSA) is 26.3 Å². The first-order valence-corrected chi connectivity index (χ1v) is 5.00. The molecule has 1 aromatic carbocycles. The van der Waals surface area contributed by atoms with E-state index in [2.05, 4.69) is 0 Å². The fourth-order valence-electron chi connectivity index (χ4n) is 1.45. The maximum atomic E-state index is 12.2. The van der Waals surface area contributed by atoms with Crippen molar-refractivity contribution in [1.82, 2.24) is 0 Å². The molecule has 0 fully saturated rings. The molecule has 1 aromatic rings. The first-order chi connectivity index (χ1) is 7.75. The quantitative estimate of drug-likeness (QED) is 0.819. The SMILES string of the molecule is COc1cc(C)c(C)cc1CC(=O)C(F)(F)F. The molecule has 0 aromatic heterocycles. The van der Waals surface area contributed by atoms with Gasteiger partial charge in [-0.3, -0.25) is 4.79 Å². The fourth-order valence-corrected chi connectivity index (χ4v) is 1.45. The second-order valence-corrected chi connectivity index (χ2v) is 3.85. The van der Waals surface area contributed by atoms with E-state index in [-0.39, 0.29) is 5.56 Å². The van der Waals surface area contributed by atoms with Gasteiger partial charge in [0.15, 0.2) is 0 Å². The van der Waals surface area contributed by atoms with Crippen molar-refractivity contribution in [1.29, 1.82) is 0 Å². The molecule has 0 aliphatic carbocycles. The minimum Gasteiger partial charge on any atom is -0.496 e. The largest absolute Gasteiger partial charge is 0.496 e. The zero-order chi connectivity index (χ0) is 13.2. The van der Waals surface area contributed by atoms with E-state index in [0.717, 1.165) is 11.1 Å². The van der Waals surface area contributed by atoms with Gasteiger partial charge in [0.25, 0.3) is 0 Å². The number of ketones is 1. The van der Waals surface area contributed by atoms with Crippen molar-refractivity contribution in [3.05, 3.63) is 28.8 Å². The van der Waals surface area contributed by atoms with Crippen LogP contribution in [-0.4, -0.2) is 19.1 Å². The maximum Gasteiger partial charge on any atom is 0.450 e. The Labute approximate surface area is 97.4 Å². The predicted octanol–water partition coefficient (Wildman–Crippen LogP) is 2.99. The van der Waals surface area contributed by atoms with E-state index >= 15 is 0 Å². The Morgan fingerprint density at radius 2 is 1.76 bits per heavy atom. The summed E-state index contributed by atoms with van der Waals surface area (Å²) in [7, 11) is 1.37. The van der Waals surface area contributed by atoms with Gasteiger partial charge in [0.05, 0.1) is 7.11 Å². The Kier molecular flexibility index (Phi) is 3.80. The van der Waals surface area contributed by atoms with Crippen molar-refractivity contribution in [2.24, 2.45) is 0 Å². The summed E-state index contributed by atoms with van der Waals surface area (Å²) in [5.41, 5.74) is 2.00. The van der Waals surface area contributed by atoms with E-state index in [1.54, 1.807) is 19.1 Å². The number of Topliss-reactive ketones (excluding diaryl/α,β-unsaturated/α-hetero) is 1. The molecule has 0 saturated heterocycles. The van der Waals surface area contributed by atoms with Crippen LogP contribution in [-0.2, 0) is 11.2 Å². The van der Waals surface area contributed by atoms with Crippen molar-refractivity contribution in [3.8, 4) is 5.75 Å². The molecule has 17 heavy (non-hydrogen) atoms. The molecule has 0 amide bonds. The summed E-state index contributed by atoms with van der Waals surface area (Å²) >= 11 is 0. The first kappa shape index (κ1) is 13.5. The van der Waals surface area contributed by atoms with Gasteiger partial charge in [-0.15, -0.1) is 0 Å². The van der Waals surface area contributed by atoms with Gasteiger partial charge in [-0.2, -0.15) is 13.2 Å². The van der Waals surface area contributed by atoms with Gasteiger partial charge in [0.2, 0.25) is 5.78 Å². The van der Waals surface area contributed by atoms with Gasteiger partial charge in [0.1, 0.15) is 5.75 Å². The lowest BCUT2D eigenvalue weighted by Gasteiger charge is -2.12. The number of halogens is 3. The molecule has 1 rings (SSSR count). The van der Waals surface area contributed by atoms with Gasteiger partial charge in [-0.25, -0.2) is 0 Å². The highest BCUT2D eigenvalue weighted by Crippen LogP contribution is 2.26. The van der Waals surface area contributed by atoms with Crippen LogP contribution in [0.15, 0.2) is 12.1 Å². The van der Waals surface area contributed by atoms with Crippen molar-refractivity contribution in [3.63, 3.8) is 0 Å². The number of methoxy groups -OCH3 is 1. The Bertz CT molecular complexity index is 436. The molecule has 0 N–H and O–H groups in total. The number of hydrogen-bond acceptors (Lipinski definition) is 2. The number of alkyl halides is 3. The van der Waals surface area contributed by atoms with E-state index in [1.165, 1.54) is 7.11 Å². The van der Waals surface area contributed by atoms with Crippen LogP contribution in [0.5, 0.6) is 5.75 Å². The summed E-state index contributed by atoms with van der Waals surface area (Å²) < 4.78 is 41.5. The van der Waals surface area contributed by atoms with Gasteiger partial charge < -0.3 is 4.74 Å². The molecule has 0 unspecified atom stereocenters. The number of ether oxygens (including phenoxy) is 1. The van der Waals surface area contributed by atoms with Crippen molar-refractivity contribution in [2.45, 2.75) is 26.4 Å². The standard InChI is InChI=1S/C12H13F3O2/c1-7-4-9(6-11(16)12(13,14)15)10(17-3)5-8(7)2/h4-5H,6H2,1-3H3. The fraction of sp³-hybridized carbons (Fsp3) is 0.417. The van der Waals surface area contributed by atoms with Crippen LogP contribution >= 0.6 is 0 Å². The third kappa shape index (κ3) is 3.22. The molecule has 0 saturated carbocycles. The highest BCUT2D eigenvalue weighted by atomic mass is 19.4. The van der Waals surface area contributed by atoms with Crippen LogP contribution in [0.2, 0.25) is 0 Å². The third-order valence-electron chi connectivity index (χ3n) is 2.56. The second-order valence-electron chi connectivity index (χ2n) is 3.85. The van der Waals surface area contributed by atoms with Crippen LogP contribution in [0.3, 0.4) is 0 Å². The number of hydrogen-bond donors (Lipinski definition) is 0. The molecular weight excluding hydrogens is 233 g/mol. The monoisotopic (exact) mass is 246 g/mol. The molecular formula is C12H13F3O2. The van der Waals surface area contributed by atoms with Crippen LogP contribution in [0, 0.1) is 13.8 Å². The third-order valence-corrected chi connectivity index (χ3v) is 2.56. The number of rotatable bonds is 3. The van der Waals surface area contributed by atoms with Gasteiger partial charge in [-0.1, -0.05) is 6.07 Å². The van der Waals surface area contributed by atoms with Gasteiger partial charge >= 0.3 is 6.18 Å². The molecule has 0 bridgehead atoms. The molecule has 94 valence electrons. The van der Waals surface area contributed by atoms with E-state index in [1.807, 2.05) is 6.92 Å². The molecule has 0 radical (unpaired) electrons. The smallest absolute Gasteiger partial charge is 0.450 e. The van der Waals surface area contributed by atoms with E-state index in [9.17, 15) is 18.0 Å². The van der Waals surface area contributed by atoms with Crippen LogP contribution < -0.4 is 4.74 Å². The van der Waals surface area contributed by atoms with Crippen molar-refractivity contribution >= 4 is 5.78 Å². The van der Waals surface area contributed by atoms with E-state index in [4.69, 9.17) is 4.74 Å². The van der Waals surface area contributed by atoms with E-state index < -0.39 is 18.4 Å². The van der Waals surface area contributed by atoms with Crippen LogP contribution in [0.4, 0.5) is 13.2 Å². The summed E-state index contributed by atoms with van der Waals surface area (Å²) in [5.74, 6) is -1.45. The number of benzene rings is 1. The lowest BCUT2D eigenvalue weighted by atomic mass is 10.0. The highest BCUT2D eigenvalue weighted by Gasteiger charge is 2.38. The average Bonchev–Trinajstić information content (AvgIpc) is 2.21. The van der Waals surface area contributed by atoms with Crippen LogP contribution in [0.1, 0.15) is 16.7 Å². The van der Waals surface area contributed by atoms with Crippen LogP contribution in [0.25, 0.3) is 0 Å². The van der Waals surface area contributed by atoms with Gasteiger partial charge in [-0.05, 0) is 31.0 Å². The molecule has 0 aliphatic rings. The zero-order valence-electron chi connectivity index (χ0n) is 9.81. The van der Waals surface area contributed by atoms with Gasteiger partial charge in [0, 0.05) is 12.0 Å². The summed E-state index contributed by atoms with van der Waals surface area (Å²) in [4.78, 5) is 10.9. The first-order valence-electron chi connectivity index (χ1n) is 5.00. The molecule has 0 heterocycles.